The van der Waals surface area contributed by atoms with Crippen molar-refractivity contribution in [3.05, 3.63) is 35.4 Å². The zero-order chi connectivity index (χ0) is 17.0. The average molecular weight is 342 g/mol. The van der Waals surface area contributed by atoms with E-state index in [-0.39, 0.29) is 11.9 Å². The van der Waals surface area contributed by atoms with Gasteiger partial charge in [-0.2, -0.15) is 0 Å². The molecule has 1 saturated carbocycles. The number of ether oxygens (including phenoxy) is 2. The molecular formula is C20H26N2O3. The Bertz CT molecular complexity index is 685. The van der Waals surface area contributed by atoms with Crippen molar-refractivity contribution in [3.63, 3.8) is 0 Å². The Hall–Kier alpha value is -1.59. The minimum Gasteiger partial charge on any atom is -0.347 e. The second-order valence-electron chi connectivity index (χ2n) is 8.07. The van der Waals surface area contributed by atoms with E-state index in [2.05, 4.69) is 29.6 Å². The number of amides is 2. The summed E-state index contributed by atoms with van der Waals surface area (Å²) in [6.07, 6.45) is 3.18. The van der Waals surface area contributed by atoms with E-state index in [0.29, 0.717) is 31.1 Å². The number of nitrogens with zero attached hydrogens (tertiary/aromatic N) is 1. The Labute approximate surface area is 148 Å². The summed E-state index contributed by atoms with van der Waals surface area (Å²) in [7, 11) is 0. The van der Waals surface area contributed by atoms with Crippen LogP contribution >= 0.6 is 0 Å². The molecule has 5 nitrogen and oxygen atoms in total. The van der Waals surface area contributed by atoms with Crippen molar-refractivity contribution in [2.24, 2.45) is 11.8 Å². The van der Waals surface area contributed by atoms with E-state index in [1.807, 2.05) is 11.8 Å². The van der Waals surface area contributed by atoms with Crippen LogP contribution in [0.2, 0.25) is 0 Å². The number of carbonyl (C=O) groups excluding carboxylic acids is 1. The van der Waals surface area contributed by atoms with E-state index < -0.39 is 5.79 Å². The summed E-state index contributed by atoms with van der Waals surface area (Å²) in [6.45, 7) is 4.89. The van der Waals surface area contributed by atoms with Crippen LogP contribution in [0.3, 0.4) is 0 Å². The normalized spacial score (nSPS) is 35.2. The number of fused-ring (bicyclic) bond motifs is 3. The van der Waals surface area contributed by atoms with E-state index >= 15 is 0 Å². The Morgan fingerprint density at radius 1 is 1.28 bits per heavy atom. The largest absolute Gasteiger partial charge is 0.347 e. The molecule has 0 radical (unpaired) electrons. The molecule has 2 saturated heterocycles. The summed E-state index contributed by atoms with van der Waals surface area (Å²) in [6, 6.07) is 9.06. The van der Waals surface area contributed by atoms with Crippen LogP contribution in [-0.2, 0) is 15.9 Å². The minimum absolute atomic E-state index is 0.0863. The molecule has 0 spiro atoms. The van der Waals surface area contributed by atoms with Crippen molar-refractivity contribution in [1.29, 1.82) is 0 Å². The van der Waals surface area contributed by atoms with Crippen LogP contribution in [0, 0.1) is 11.8 Å². The molecule has 5 rings (SSSR count). The Balaban J connectivity index is 1.21. The number of rotatable bonds is 2. The molecule has 4 atom stereocenters. The standard InChI is InChI=1S/C20H26N2O3/c1-20(24-9-10-25-20)14-6-4-8-22(12-14)19(23)21-18-16-11-13-5-2-3-7-15(13)17(16)18/h2-3,5,7,14,16-18H,4,6,8-12H2,1H3,(H,21,23)/t14-,16-,17-,18-/m1/s1. The maximum Gasteiger partial charge on any atom is 0.317 e. The first-order valence-corrected chi connectivity index (χ1v) is 9.57. The maximum atomic E-state index is 12.8. The molecule has 4 aliphatic rings. The van der Waals surface area contributed by atoms with Gasteiger partial charge >= 0.3 is 6.03 Å². The summed E-state index contributed by atoms with van der Waals surface area (Å²) in [5.41, 5.74) is 2.90. The van der Waals surface area contributed by atoms with Gasteiger partial charge in [-0.15, -0.1) is 0 Å². The highest BCUT2D eigenvalue weighted by atomic mass is 16.7. The third-order valence-corrected chi connectivity index (χ3v) is 6.64. The first kappa shape index (κ1) is 15.6. The molecule has 1 aromatic rings. The fraction of sp³-hybridized carbons (Fsp3) is 0.650. The third kappa shape index (κ3) is 2.56. The van der Waals surface area contributed by atoms with Gasteiger partial charge in [0.2, 0.25) is 0 Å². The van der Waals surface area contributed by atoms with E-state index in [4.69, 9.17) is 9.47 Å². The molecule has 2 aliphatic carbocycles. The van der Waals surface area contributed by atoms with Crippen molar-refractivity contribution < 1.29 is 14.3 Å². The molecule has 0 aromatic heterocycles. The first-order valence-electron chi connectivity index (χ1n) is 9.57. The van der Waals surface area contributed by atoms with Crippen LogP contribution in [0.5, 0.6) is 0 Å². The SMILES string of the molecule is CC1([C@@H]2CCCN(C(=O)N[C@@H]3[C@@H]4Cc5ccccc5[C@H]43)C2)OCCO1. The summed E-state index contributed by atoms with van der Waals surface area (Å²) >= 11 is 0. The fourth-order valence-corrected chi connectivity index (χ4v) is 5.14. The van der Waals surface area contributed by atoms with Gasteiger partial charge in [0.05, 0.1) is 13.2 Å². The number of benzene rings is 1. The van der Waals surface area contributed by atoms with Crippen molar-refractivity contribution in [2.75, 3.05) is 26.3 Å². The Morgan fingerprint density at radius 2 is 2.08 bits per heavy atom. The minimum atomic E-state index is -0.520. The average Bonchev–Trinajstić information content (AvgIpc) is 2.99. The van der Waals surface area contributed by atoms with E-state index in [1.165, 1.54) is 11.1 Å². The maximum absolute atomic E-state index is 12.8. The third-order valence-electron chi connectivity index (χ3n) is 6.64. The predicted octanol–water partition coefficient (Wildman–Crippen LogP) is 2.51. The lowest BCUT2D eigenvalue weighted by molar-refractivity contribution is -0.189. The zero-order valence-electron chi connectivity index (χ0n) is 14.7. The highest BCUT2D eigenvalue weighted by molar-refractivity contribution is 5.75. The van der Waals surface area contributed by atoms with Gasteiger partial charge in [0.1, 0.15) is 0 Å². The second-order valence-corrected chi connectivity index (χ2v) is 8.07. The van der Waals surface area contributed by atoms with Crippen molar-refractivity contribution >= 4 is 6.03 Å². The number of hydrogen-bond acceptors (Lipinski definition) is 3. The molecule has 2 aliphatic heterocycles. The van der Waals surface area contributed by atoms with Crippen molar-refractivity contribution in [1.82, 2.24) is 10.2 Å². The summed E-state index contributed by atoms with van der Waals surface area (Å²) in [5.74, 6) is 0.864. The fourth-order valence-electron chi connectivity index (χ4n) is 5.14. The summed E-state index contributed by atoms with van der Waals surface area (Å²) < 4.78 is 11.6. The van der Waals surface area contributed by atoms with Crippen LogP contribution < -0.4 is 5.32 Å². The van der Waals surface area contributed by atoms with Crippen LogP contribution in [0.25, 0.3) is 0 Å². The quantitative estimate of drug-likeness (QED) is 0.898. The van der Waals surface area contributed by atoms with Gasteiger partial charge in [0.25, 0.3) is 0 Å². The molecule has 25 heavy (non-hydrogen) atoms. The van der Waals surface area contributed by atoms with E-state index in [9.17, 15) is 4.79 Å². The van der Waals surface area contributed by atoms with Gasteiger partial charge in [-0.1, -0.05) is 24.3 Å². The predicted molar refractivity (Wildman–Crippen MR) is 93.3 cm³/mol. The number of urea groups is 1. The van der Waals surface area contributed by atoms with Crippen LogP contribution in [0.4, 0.5) is 4.79 Å². The Kier molecular flexibility index (Phi) is 3.57. The highest BCUT2D eigenvalue weighted by Gasteiger charge is 2.56. The number of likely N-dealkylation sites (tertiary alicyclic amines) is 1. The van der Waals surface area contributed by atoms with Gasteiger partial charge in [0.15, 0.2) is 5.79 Å². The lowest BCUT2D eigenvalue weighted by Crippen LogP contribution is -2.52. The zero-order valence-corrected chi connectivity index (χ0v) is 14.7. The van der Waals surface area contributed by atoms with Crippen LogP contribution in [-0.4, -0.2) is 49.1 Å². The monoisotopic (exact) mass is 342 g/mol. The first-order chi connectivity index (χ1) is 12.2. The van der Waals surface area contributed by atoms with Gasteiger partial charge in [0, 0.05) is 31.0 Å². The highest BCUT2D eigenvalue weighted by Crippen LogP contribution is 2.56. The Morgan fingerprint density at radius 3 is 2.92 bits per heavy atom. The lowest BCUT2D eigenvalue weighted by atomic mass is 9.90. The van der Waals surface area contributed by atoms with Crippen LogP contribution in [0.15, 0.2) is 24.3 Å². The molecule has 2 heterocycles. The number of nitrogens with one attached hydrogen (secondary N) is 1. The number of piperidine rings is 1. The van der Waals surface area contributed by atoms with Gasteiger partial charge in [-0.05, 0) is 43.2 Å². The smallest absolute Gasteiger partial charge is 0.317 e. The molecule has 1 aromatic carbocycles. The second kappa shape index (κ2) is 5.71. The van der Waals surface area contributed by atoms with Crippen molar-refractivity contribution in [3.8, 4) is 0 Å². The van der Waals surface area contributed by atoms with E-state index in [0.717, 1.165) is 32.4 Å². The van der Waals surface area contributed by atoms with Gasteiger partial charge < -0.3 is 19.7 Å². The van der Waals surface area contributed by atoms with Crippen LogP contribution in [0.1, 0.15) is 36.8 Å². The van der Waals surface area contributed by atoms with Gasteiger partial charge in [-0.25, -0.2) is 4.79 Å². The molecule has 0 bridgehead atoms. The number of carbonyl (C=O) groups is 1. The lowest BCUT2D eigenvalue weighted by Gasteiger charge is -2.39. The molecular weight excluding hydrogens is 316 g/mol. The van der Waals surface area contributed by atoms with Gasteiger partial charge in [-0.3, -0.25) is 0 Å². The molecule has 134 valence electrons. The number of hydrogen-bond donors (Lipinski definition) is 1. The van der Waals surface area contributed by atoms with E-state index in [1.54, 1.807) is 0 Å². The molecule has 0 unspecified atom stereocenters. The van der Waals surface area contributed by atoms with Crippen molar-refractivity contribution in [2.45, 2.75) is 43.9 Å². The summed E-state index contributed by atoms with van der Waals surface area (Å²) in [4.78, 5) is 14.8. The summed E-state index contributed by atoms with van der Waals surface area (Å²) in [5, 5.41) is 3.30. The molecule has 1 N–H and O–H groups in total. The topological polar surface area (TPSA) is 50.8 Å². The molecule has 2 amide bonds. The molecule has 3 fully saturated rings. The molecule has 5 heteroatoms.